The van der Waals surface area contributed by atoms with Gasteiger partial charge < -0.3 is 11.1 Å². The van der Waals surface area contributed by atoms with E-state index >= 15 is 0 Å². The van der Waals surface area contributed by atoms with E-state index in [-0.39, 0.29) is 0 Å². The molecule has 0 saturated carbocycles. The van der Waals surface area contributed by atoms with Crippen molar-refractivity contribution in [1.29, 1.82) is 5.41 Å². The van der Waals surface area contributed by atoms with E-state index in [9.17, 15) is 0 Å². The molecular weight excluding hydrogens is 196 g/mol. The van der Waals surface area contributed by atoms with Gasteiger partial charge in [0.25, 0.3) is 0 Å². The standard InChI is InChI=1S/C14H16N2/c15-13-3-1-9-5-12-8-14(16)4-2-10(12)6-11(9)7-13/h1-4,7,10,12,16H,5-6,8,15H2. The normalized spacial score (nSPS) is 27.4. The Morgan fingerprint density at radius 1 is 1.12 bits per heavy atom. The van der Waals surface area contributed by atoms with Crippen LogP contribution in [0.5, 0.6) is 0 Å². The summed E-state index contributed by atoms with van der Waals surface area (Å²) in [5.41, 5.74) is 10.3. The third kappa shape index (κ3) is 1.54. The Bertz CT molecular complexity index is 474. The predicted octanol–water partition coefficient (Wildman–Crippen LogP) is 2.58. The summed E-state index contributed by atoms with van der Waals surface area (Å²) in [7, 11) is 0. The first-order valence-electron chi connectivity index (χ1n) is 5.85. The molecule has 0 fully saturated rings. The van der Waals surface area contributed by atoms with E-state index in [1.165, 1.54) is 11.1 Å². The van der Waals surface area contributed by atoms with E-state index in [0.29, 0.717) is 11.8 Å². The molecule has 1 aromatic rings. The molecule has 82 valence electrons. The Balaban J connectivity index is 1.96. The second-order valence-electron chi connectivity index (χ2n) is 4.95. The number of fused-ring (bicyclic) bond motifs is 2. The van der Waals surface area contributed by atoms with Crippen molar-refractivity contribution in [3.05, 3.63) is 41.5 Å². The van der Waals surface area contributed by atoms with Crippen LogP contribution in [0.25, 0.3) is 0 Å². The fourth-order valence-corrected chi connectivity index (χ4v) is 2.93. The van der Waals surface area contributed by atoms with Crippen LogP contribution in [0.3, 0.4) is 0 Å². The van der Waals surface area contributed by atoms with Gasteiger partial charge >= 0.3 is 0 Å². The second kappa shape index (κ2) is 3.48. The topological polar surface area (TPSA) is 49.9 Å². The van der Waals surface area contributed by atoms with E-state index < -0.39 is 0 Å². The molecular formula is C14H16N2. The van der Waals surface area contributed by atoms with Gasteiger partial charge in [0.2, 0.25) is 0 Å². The molecule has 0 radical (unpaired) electrons. The number of nitrogen functional groups attached to an aromatic ring is 1. The largest absolute Gasteiger partial charge is 0.399 e. The second-order valence-corrected chi connectivity index (χ2v) is 4.95. The fourth-order valence-electron chi connectivity index (χ4n) is 2.93. The molecule has 0 heterocycles. The van der Waals surface area contributed by atoms with Crippen LogP contribution in [0.15, 0.2) is 30.4 Å². The molecule has 2 atom stereocenters. The molecule has 0 aromatic heterocycles. The van der Waals surface area contributed by atoms with Crippen LogP contribution in [0.4, 0.5) is 5.69 Å². The highest BCUT2D eigenvalue weighted by Gasteiger charge is 2.29. The molecule has 0 saturated heterocycles. The lowest BCUT2D eigenvalue weighted by atomic mass is 9.71. The van der Waals surface area contributed by atoms with Gasteiger partial charge in [0.1, 0.15) is 0 Å². The summed E-state index contributed by atoms with van der Waals surface area (Å²) in [6.45, 7) is 0. The van der Waals surface area contributed by atoms with E-state index in [2.05, 4.69) is 18.2 Å². The minimum Gasteiger partial charge on any atom is -0.399 e. The Kier molecular flexibility index (Phi) is 2.10. The third-order valence-electron chi connectivity index (χ3n) is 3.80. The first-order chi connectivity index (χ1) is 7.72. The van der Waals surface area contributed by atoms with Gasteiger partial charge in [0, 0.05) is 11.4 Å². The SMILES string of the molecule is N=C1C=CC2Cc3cc(N)ccc3CC2C1. The molecule has 2 aliphatic carbocycles. The van der Waals surface area contributed by atoms with Gasteiger partial charge in [0.05, 0.1) is 0 Å². The highest BCUT2D eigenvalue weighted by Crippen LogP contribution is 2.36. The molecule has 1 aromatic carbocycles. The summed E-state index contributed by atoms with van der Waals surface area (Å²) in [4.78, 5) is 0. The molecule has 2 unspecified atom stereocenters. The van der Waals surface area contributed by atoms with Crippen LogP contribution in [0, 0.1) is 17.2 Å². The Labute approximate surface area is 95.7 Å². The quantitative estimate of drug-likeness (QED) is 0.638. The predicted molar refractivity (Wildman–Crippen MR) is 66.7 cm³/mol. The van der Waals surface area contributed by atoms with Crippen molar-refractivity contribution < 1.29 is 0 Å². The summed E-state index contributed by atoms with van der Waals surface area (Å²) < 4.78 is 0. The van der Waals surface area contributed by atoms with Gasteiger partial charge in [-0.2, -0.15) is 0 Å². The molecule has 2 aliphatic rings. The number of nitrogens with two attached hydrogens (primary N) is 1. The molecule has 2 nitrogen and oxygen atoms in total. The van der Waals surface area contributed by atoms with Crippen molar-refractivity contribution in [1.82, 2.24) is 0 Å². The summed E-state index contributed by atoms with van der Waals surface area (Å²) in [5, 5.41) is 7.72. The minimum atomic E-state index is 0.614. The summed E-state index contributed by atoms with van der Waals surface area (Å²) in [6.07, 6.45) is 7.31. The van der Waals surface area contributed by atoms with Crippen LogP contribution in [0.2, 0.25) is 0 Å². The summed E-state index contributed by atoms with van der Waals surface area (Å²) >= 11 is 0. The lowest BCUT2D eigenvalue weighted by Crippen LogP contribution is -2.28. The van der Waals surface area contributed by atoms with Crippen molar-refractivity contribution in [3.63, 3.8) is 0 Å². The van der Waals surface area contributed by atoms with Crippen molar-refractivity contribution in [2.24, 2.45) is 11.8 Å². The maximum atomic E-state index is 7.72. The summed E-state index contributed by atoms with van der Waals surface area (Å²) in [5.74, 6) is 1.25. The Morgan fingerprint density at radius 2 is 2.00 bits per heavy atom. The lowest BCUT2D eigenvalue weighted by molar-refractivity contribution is 0.373. The van der Waals surface area contributed by atoms with Crippen molar-refractivity contribution in [3.8, 4) is 0 Å². The third-order valence-corrected chi connectivity index (χ3v) is 3.80. The Morgan fingerprint density at radius 3 is 2.88 bits per heavy atom. The molecule has 2 heteroatoms. The average Bonchev–Trinajstić information content (AvgIpc) is 2.26. The lowest BCUT2D eigenvalue weighted by Gasteiger charge is -2.33. The first kappa shape index (κ1) is 9.64. The van der Waals surface area contributed by atoms with Crippen LogP contribution >= 0.6 is 0 Å². The van der Waals surface area contributed by atoms with E-state index in [0.717, 1.165) is 30.7 Å². The summed E-state index contributed by atoms with van der Waals surface area (Å²) in [6, 6.07) is 6.26. The van der Waals surface area contributed by atoms with Crippen LogP contribution in [0.1, 0.15) is 17.5 Å². The highest BCUT2D eigenvalue weighted by molar-refractivity contribution is 5.93. The molecule has 3 N–H and O–H groups in total. The van der Waals surface area contributed by atoms with E-state index in [1.54, 1.807) is 0 Å². The minimum absolute atomic E-state index is 0.614. The molecule has 0 bridgehead atoms. The molecule has 0 aliphatic heterocycles. The van der Waals surface area contributed by atoms with Crippen LogP contribution < -0.4 is 5.73 Å². The number of hydrogen-bond acceptors (Lipinski definition) is 2. The molecule has 16 heavy (non-hydrogen) atoms. The smallest absolute Gasteiger partial charge is 0.0316 e. The number of hydrogen-bond donors (Lipinski definition) is 2. The van der Waals surface area contributed by atoms with Gasteiger partial charge in [-0.1, -0.05) is 12.1 Å². The maximum Gasteiger partial charge on any atom is 0.0316 e. The van der Waals surface area contributed by atoms with Crippen molar-refractivity contribution in [2.75, 3.05) is 5.73 Å². The number of nitrogens with one attached hydrogen (secondary N) is 1. The van der Waals surface area contributed by atoms with Crippen molar-refractivity contribution in [2.45, 2.75) is 19.3 Å². The van der Waals surface area contributed by atoms with Gasteiger partial charge in [-0.15, -0.1) is 0 Å². The number of benzene rings is 1. The van der Waals surface area contributed by atoms with Crippen LogP contribution in [-0.2, 0) is 12.8 Å². The molecule has 3 rings (SSSR count). The first-order valence-corrected chi connectivity index (χ1v) is 5.85. The number of anilines is 1. The van der Waals surface area contributed by atoms with Gasteiger partial charge in [0.15, 0.2) is 0 Å². The van der Waals surface area contributed by atoms with E-state index in [1.807, 2.05) is 12.1 Å². The van der Waals surface area contributed by atoms with Crippen molar-refractivity contribution >= 4 is 11.4 Å². The zero-order valence-electron chi connectivity index (χ0n) is 9.24. The monoisotopic (exact) mass is 212 g/mol. The van der Waals surface area contributed by atoms with Gasteiger partial charge in [-0.05, 0) is 60.4 Å². The average molecular weight is 212 g/mol. The zero-order chi connectivity index (χ0) is 11.1. The fraction of sp³-hybridized carbons (Fsp3) is 0.357. The van der Waals surface area contributed by atoms with E-state index in [4.69, 9.17) is 11.1 Å². The highest BCUT2D eigenvalue weighted by atomic mass is 14.5. The molecule has 0 amide bonds. The molecule has 0 spiro atoms. The number of rotatable bonds is 0. The number of allylic oxidation sites excluding steroid dienone is 2. The maximum absolute atomic E-state index is 7.72. The zero-order valence-corrected chi connectivity index (χ0v) is 9.24. The van der Waals surface area contributed by atoms with Gasteiger partial charge in [-0.25, -0.2) is 0 Å². The Hall–Kier alpha value is -1.57. The van der Waals surface area contributed by atoms with Crippen LogP contribution in [-0.4, -0.2) is 5.71 Å². The van der Waals surface area contributed by atoms with Gasteiger partial charge in [-0.3, -0.25) is 0 Å².